The molecular formula is C24H24. The zero-order chi connectivity index (χ0) is 15.9. The van der Waals surface area contributed by atoms with Crippen LogP contribution in [0, 0.1) is 17.8 Å². The molecule has 1 saturated carbocycles. The predicted octanol–water partition coefficient (Wildman–Crippen LogP) is 6.10. The van der Waals surface area contributed by atoms with E-state index in [2.05, 4.69) is 78.9 Å². The van der Waals surface area contributed by atoms with E-state index in [1.807, 2.05) is 0 Å². The average molecular weight is 312 g/mol. The molecule has 0 amide bonds. The first-order valence-electron chi connectivity index (χ1n) is 9.40. The molecular weight excluding hydrogens is 288 g/mol. The zero-order valence-corrected chi connectivity index (χ0v) is 14.0. The highest BCUT2D eigenvalue weighted by Gasteiger charge is 2.46. The van der Waals surface area contributed by atoms with Crippen LogP contribution in [0.2, 0.25) is 0 Å². The Morgan fingerprint density at radius 3 is 2.08 bits per heavy atom. The van der Waals surface area contributed by atoms with Gasteiger partial charge in [-0.2, -0.15) is 0 Å². The molecule has 0 unspecified atom stereocenters. The zero-order valence-electron chi connectivity index (χ0n) is 14.0. The van der Waals surface area contributed by atoms with Crippen LogP contribution in [0.4, 0.5) is 0 Å². The summed E-state index contributed by atoms with van der Waals surface area (Å²) < 4.78 is 0. The van der Waals surface area contributed by atoms with Crippen molar-refractivity contribution in [2.45, 2.75) is 31.1 Å². The summed E-state index contributed by atoms with van der Waals surface area (Å²) >= 11 is 0. The summed E-state index contributed by atoms with van der Waals surface area (Å²) in [5.41, 5.74) is 4.81. The van der Waals surface area contributed by atoms with E-state index in [1.165, 1.54) is 24.8 Å². The van der Waals surface area contributed by atoms with Crippen LogP contribution in [0.25, 0.3) is 0 Å². The first-order chi connectivity index (χ1) is 11.9. The maximum atomic E-state index is 2.58. The van der Waals surface area contributed by atoms with Crippen LogP contribution in [0.1, 0.15) is 42.2 Å². The molecule has 0 aliphatic heterocycles. The fourth-order valence-electron chi connectivity index (χ4n) is 5.52. The number of hydrogen-bond acceptors (Lipinski definition) is 0. The van der Waals surface area contributed by atoms with Gasteiger partial charge in [0.25, 0.3) is 0 Å². The van der Waals surface area contributed by atoms with Crippen LogP contribution in [0.5, 0.6) is 0 Å². The summed E-state index contributed by atoms with van der Waals surface area (Å²) in [6.45, 7) is 0. The second kappa shape index (κ2) is 5.77. The second-order valence-corrected chi connectivity index (χ2v) is 7.65. The van der Waals surface area contributed by atoms with E-state index in [0.717, 1.165) is 5.92 Å². The molecule has 0 nitrogen and oxygen atoms in total. The summed E-state index contributed by atoms with van der Waals surface area (Å²) in [4.78, 5) is 0. The Balaban J connectivity index is 1.52. The Morgan fingerprint density at radius 2 is 1.38 bits per heavy atom. The van der Waals surface area contributed by atoms with Gasteiger partial charge in [-0.25, -0.2) is 0 Å². The highest BCUT2D eigenvalue weighted by Crippen LogP contribution is 2.58. The molecule has 2 aromatic carbocycles. The molecule has 0 heterocycles. The molecule has 0 radical (unpaired) electrons. The molecule has 0 heteroatoms. The Morgan fingerprint density at radius 1 is 0.708 bits per heavy atom. The van der Waals surface area contributed by atoms with Gasteiger partial charge in [0.2, 0.25) is 0 Å². The third-order valence-corrected chi connectivity index (χ3v) is 6.50. The molecule has 2 bridgehead atoms. The van der Waals surface area contributed by atoms with E-state index in [9.17, 15) is 0 Å². The van der Waals surface area contributed by atoms with Crippen LogP contribution in [-0.2, 0) is 0 Å². The minimum atomic E-state index is 0.619. The molecule has 2 aromatic rings. The highest BCUT2D eigenvalue weighted by atomic mass is 14.5. The third-order valence-electron chi connectivity index (χ3n) is 6.50. The van der Waals surface area contributed by atoms with Gasteiger partial charge < -0.3 is 0 Å². The Kier molecular flexibility index (Phi) is 3.43. The van der Waals surface area contributed by atoms with Crippen molar-refractivity contribution in [1.29, 1.82) is 0 Å². The maximum Gasteiger partial charge on any atom is 0.00490 e. The molecule has 5 atom stereocenters. The van der Waals surface area contributed by atoms with Crippen molar-refractivity contribution < 1.29 is 0 Å². The van der Waals surface area contributed by atoms with E-state index in [0.29, 0.717) is 23.7 Å². The van der Waals surface area contributed by atoms with Gasteiger partial charge in [-0.05, 0) is 54.1 Å². The molecule has 0 spiro atoms. The van der Waals surface area contributed by atoms with Gasteiger partial charge in [-0.15, -0.1) is 0 Å². The van der Waals surface area contributed by atoms with E-state index in [-0.39, 0.29) is 0 Å². The quantitative estimate of drug-likeness (QED) is 0.588. The van der Waals surface area contributed by atoms with Gasteiger partial charge >= 0.3 is 0 Å². The minimum absolute atomic E-state index is 0.619. The SMILES string of the molecule is C1=C[C@@H]2C3=CCC[C@@H](c4ccccc4)[C@@H]3[C@H]1C[C@H]2c1ccccc1. The molecule has 24 heavy (non-hydrogen) atoms. The van der Waals surface area contributed by atoms with E-state index < -0.39 is 0 Å². The van der Waals surface area contributed by atoms with Crippen molar-refractivity contribution in [2.24, 2.45) is 17.8 Å². The maximum absolute atomic E-state index is 2.58. The third kappa shape index (κ3) is 2.20. The lowest BCUT2D eigenvalue weighted by Gasteiger charge is -2.50. The topological polar surface area (TPSA) is 0 Å². The second-order valence-electron chi connectivity index (χ2n) is 7.65. The molecule has 6 rings (SSSR count). The number of fused-ring (bicyclic) bond motifs is 1. The highest BCUT2D eigenvalue weighted by molar-refractivity contribution is 5.40. The van der Waals surface area contributed by atoms with Crippen molar-refractivity contribution in [2.75, 3.05) is 0 Å². The lowest BCUT2D eigenvalue weighted by molar-refractivity contribution is 0.222. The van der Waals surface area contributed by atoms with Gasteiger partial charge in [0.05, 0.1) is 0 Å². The van der Waals surface area contributed by atoms with Crippen molar-refractivity contribution in [1.82, 2.24) is 0 Å². The van der Waals surface area contributed by atoms with Crippen molar-refractivity contribution in [3.05, 3.63) is 95.6 Å². The number of benzene rings is 2. The normalized spacial score (nSPS) is 33.8. The van der Waals surface area contributed by atoms with Gasteiger partial charge in [0.1, 0.15) is 0 Å². The molecule has 120 valence electrons. The lowest BCUT2D eigenvalue weighted by Crippen LogP contribution is -2.39. The van der Waals surface area contributed by atoms with Gasteiger partial charge in [0, 0.05) is 5.92 Å². The van der Waals surface area contributed by atoms with Crippen molar-refractivity contribution in [3.8, 4) is 0 Å². The summed E-state index contributed by atoms with van der Waals surface area (Å²) in [6, 6.07) is 22.4. The first kappa shape index (κ1) is 14.3. The van der Waals surface area contributed by atoms with Gasteiger partial charge in [-0.3, -0.25) is 0 Å². The molecule has 4 aliphatic carbocycles. The molecule has 0 aromatic heterocycles. The predicted molar refractivity (Wildman–Crippen MR) is 99.9 cm³/mol. The minimum Gasteiger partial charge on any atom is -0.0844 e. The fourth-order valence-corrected chi connectivity index (χ4v) is 5.52. The van der Waals surface area contributed by atoms with E-state index in [4.69, 9.17) is 0 Å². The molecule has 0 saturated heterocycles. The summed E-state index contributed by atoms with van der Waals surface area (Å²) in [5.74, 6) is 3.44. The van der Waals surface area contributed by atoms with Crippen LogP contribution in [0.3, 0.4) is 0 Å². The standard InChI is InChI=1S/C24H24/c1-3-8-17(9-4-1)20-12-7-13-22-21-15-14-19(24(20)22)16-23(21)18-10-5-2-6-11-18/h1-6,8-11,13-15,19-21,23-24H,7,12,16H2/t19-,20+,21-,23+,24+/m1/s1. The number of allylic oxidation sites excluding steroid dienone is 4. The van der Waals surface area contributed by atoms with Gasteiger partial charge in [0.15, 0.2) is 0 Å². The monoisotopic (exact) mass is 312 g/mol. The molecule has 1 fully saturated rings. The molecule has 0 N–H and O–H groups in total. The Bertz CT molecular complexity index is 768. The van der Waals surface area contributed by atoms with Gasteiger partial charge in [-0.1, -0.05) is 84.5 Å². The van der Waals surface area contributed by atoms with Crippen LogP contribution in [0.15, 0.2) is 84.5 Å². The Hall–Kier alpha value is -2.08. The summed E-state index contributed by atoms with van der Waals surface area (Å²) in [5, 5.41) is 0. The molecule has 4 aliphatic rings. The van der Waals surface area contributed by atoms with E-state index >= 15 is 0 Å². The number of hydrogen-bond donors (Lipinski definition) is 0. The summed E-state index contributed by atoms with van der Waals surface area (Å²) in [7, 11) is 0. The largest absolute Gasteiger partial charge is 0.0844 e. The first-order valence-corrected chi connectivity index (χ1v) is 9.40. The average Bonchev–Trinajstić information content (AvgIpc) is 2.69. The van der Waals surface area contributed by atoms with Crippen LogP contribution < -0.4 is 0 Å². The van der Waals surface area contributed by atoms with Crippen molar-refractivity contribution in [3.63, 3.8) is 0 Å². The smallest absolute Gasteiger partial charge is 0.00490 e. The van der Waals surface area contributed by atoms with Crippen LogP contribution >= 0.6 is 0 Å². The van der Waals surface area contributed by atoms with E-state index in [1.54, 1.807) is 11.1 Å². The number of rotatable bonds is 2. The lowest BCUT2D eigenvalue weighted by atomic mass is 9.54. The summed E-state index contributed by atoms with van der Waals surface area (Å²) in [6.07, 6.45) is 11.5. The van der Waals surface area contributed by atoms with Crippen molar-refractivity contribution >= 4 is 0 Å². The van der Waals surface area contributed by atoms with Crippen LogP contribution in [-0.4, -0.2) is 0 Å². The Labute approximate surface area is 144 Å². The fraction of sp³-hybridized carbons (Fsp3) is 0.333.